The Bertz CT molecular complexity index is 3330. The molecule has 5 aromatic heterocycles. The van der Waals surface area contributed by atoms with E-state index in [4.69, 9.17) is 14.4 Å². The van der Waals surface area contributed by atoms with Gasteiger partial charge in [0.2, 0.25) is 0 Å². The van der Waals surface area contributed by atoms with Crippen LogP contribution >= 0.6 is 11.3 Å². The summed E-state index contributed by atoms with van der Waals surface area (Å²) >= 11 is 1.73. The summed E-state index contributed by atoms with van der Waals surface area (Å²) in [4.78, 5) is 10.5. The Hall–Kier alpha value is -6.76. The number of fused-ring (bicyclic) bond motifs is 12. The predicted octanol–water partition coefficient (Wildman–Crippen LogP) is 12.6. The highest BCUT2D eigenvalue weighted by molar-refractivity contribution is 7.25. The van der Waals surface area contributed by atoms with Crippen molar-refractivity contribution in [3.63, 3.8) is 0 Å². The molecular weight excluding hydrogens is 657 g/mol. The molecule has 0 spiro atoms. The molecule has 52 heavy (non-hydrogen) atoms. The molecule has 0 N–H and O–H groups in total. The average molecular weight is 683 g/mol. The number of aromatic nitrogens is 4. The highest BCUT2D eigenvalue weighted by Crippen LogP contribution is 2.42. The molecule has 0 aliphatic rings. The van der Waals surface area contributed by atoms with Crippen LogP contribution in [-0.2, 0) is 0 Å². The molecule has 0 aliphatic heterocycles. The second kappa shape index (κ2) is 10.4. The molecule has 5 heterocycles. The van der Waals surface area contributed by atoms with E-state index in [1.165, 1.54) is 37.3 Å². The smallest absolute Gasteiger partial charge is 0.162 e. The van der Waals surface area contributed by atoms with Crippen LogP contribution in [0.15, 0.2) is 162 Å². The number of hydrogen-bond donors (Lipinski definition) is 0. The lowest BCUT2D eigenvalue weighted by Crippen LogP contribution is -2.00. The monoisotopic (exact) mass is 682 g/mol. The zero-order valence-electron chi connectivity index (χ0n) is 27.6. The lowest BCUT2D eigenvalue weighted by atomic mass is 10.1. The SMILES string of the molecule is c1ccc2c(c1)oc1cc(-c3ncc4sc5ccc(-n6c7ccccc7c7ccccc76)cc5c4n3)c(-n3c4ccccc4c4ccccc43)cc12. The number of furan rings is 1. The maximum absolute atomic E-state index is 6.47. The van der Waals surface area contributed by atoms with E-state index in [9.17, 15) is 0 Å². The minimum Gasteiger partial charge on any atom is -0.456 e. The van der Waals surface area contributed by atoms with Crippen LogP contribution in [0.3, 0.4) is 0 Å². The molecule has 0 fully saturated rings. The molecule has 0 amide bonds. The van der Waals surface area contributed by atoms with Crippen LogP contribution in [0.1, 0.15) is 0 Å². The van der Waals surface area contributed by atoms with Crippen LogP contribution in [0.25, 0.3) is 109 Å². The molecule has 0 saturated heterocycles. The third-order valence-electron chi connectivity index (χ3n) is 10.6. The van der Waals surface area contributed by atoms with Crippen molar-refractivity contribution >= 4 is 97.2 Å². The van der Waals surface area contributed by atoms with Crippen molar-refractivity contribution in [2.75, 3.05) is 0 Å². The number of thiophene rings is 1. The van der Waals surface area contributed by atoms with Crippen molar-refractivity contribution in [2.24, 2.45) is 0 Å². The summed E-state index contributed by atoms with van der Waals surface area (Å²) in [5.41, 5.74) is 10.3. The molecule has 0 aliphatic carbocycles. The minimum atomic E-state index is 0.661. The molecule has 12 aromatic rings. The molecule has 7 aromatic carbocycles. The maximum atomic E-state index is 6.47. The molecule has 12 rings (SSSR count). The van der Waals surface area contributed by atoms with Crippen LogP contribution in [-0.4, -0.2) is 19.1 Å². The standard InChI is InChI=1S/C46H26N4OS/c1-6-16-36-28(11-1)29-12-2-7-17-37(29)49(36)27-21-22-43-35(23-27)45-44(52-43)26-47-46(48-45)34-25-42-33(32-15-5-10-20-41(32)51-42)24-40(34)50-38-18-8-3-13-30(38)31-14-4-9-19-39(31)50/h1-26H. The highest BCUT2D eigenvalue weighted by Gasteiger charge is 2.21. The third kappa shape index (κ3) is 3.81. The zero-order chi connectivity index (χ0) is 33.9. The summed E-state index contributed by atoms with van der Waals surface area (Å²) in [6, 6.07) is 53.9. The van der Waals surface area contributed by atoms with Gasteiger partial charge in [-0.25, -0.2) is 9.97 Å². The summed E-state index contributed by atoms with van der Waals surface area (Å²) in [5, 5.41) is 8.18. The van der Waals surface area contributed by atoms with Gasteiger partial charge < -0.3 is 13.6 Å². The van der Waals surface area contributed by atoms with Crippen molar-refractivity contribution in [1.82, 2.24) is 19.1 Å². The van der Waals surface area contributed by atoms with E-state index in [1.807, 2.05) is 18.3 Å². The molecule has 0 atom stereocenters. The molecule has 6 heteroatoms. The maximum Gasteiger partial charge on any atom is 0.162 e. The first-order chi connectivity index (χ1) is 25.8. The van der Waals surface area contributed by atoms with Crippen molar-refractivity contribution in [3.8, 4) is 22.8 Å². The van der Waals surface area contributed by atoms with E-state index in [0.717, 1.165) is 65.5 Å². The van der Waals surface area contributed by atoms with Gasteiger partial charge in [-0.3, -0.25) is 0 Å². The van der Waals surface area contributed by atoms with E-state index in [1.54, 1.807) is 11.3 Å². The van der Waals surface area contributed by atoms with Crippen molar-refractivity contribution < 1.29 is 4.42 Å². The third-order valence-corrected chi connectivity index (χ3v) is 11.7. The van der Waals surface area contributed by atoms with Crippen molar-refractivity contribution in [2.45, 2.75) is 0 Å². The van der Waals surface area contributed by atoms with Gasteiger partial charge in [-0.1, -0.05) is 91.0 Å². The fraction of sp³-hybridized carbons (Fsp3) is 0. The first-order valence-corrected chi connectivity index (χ1v) is 18.2. The molecule has 0 saturated carbocycles. The molecule has 0 unspecified atom stereocenters. The van der Waals surface area contributed by atoms with Gasteiger partial charge in [-0.2, -0.15) is 0 Å². The molecule has 5 nitrogen and oxygen atoms in total. The van der Waals surface area contributed by atoms with Crippen molar-refractivity contribution in [1.29, 1.82) is 0 Å². The van der Waals surface area contributed by atoms with E-state index < -0.39 is 0 Å². The van der Waals surface area contributed by atoms with Crippen LogP contribution in [0.4, 0.5) is 0 Å². The van der Waals surface area contributed by atoms with Gasteiger partial charge in [-0.05, 0) is 60.7 Å². The fourth-order valence-electron chi connectivity index (χ4n) is 8.32. The summed E-state index contributed by atoms with van der Waals surface area (Å²) in [7, 11) is 0. The van der Waals surface area contributed by atoms with Gasteiger partial charge in [0.25, 0.3) is 0 Å². The van der Waals surface area contributed by atoms with Crippen LogP contribution in [0.2, 0.25) is 0 Å². The molecule has 0 bridgehead atoms. The lowest BCUT2D eigenvalue weighted by Gasteiger charge is -2.14. The Labute approximate surface area is 300 Å². The first-order valence-electron chi connectivity index (χ1n) is 17.4. The summed E-state index contributed by atoms with van der Waals surface area (Å²) in [6.45, 7) is 0. The number of nitrogens with zero attached hydrogens (tertiary/aromatic N) is 4. The second-order valence-corrected chi connectivity index (χ2v) is 14.5. The molecular formula is C46H26N4OS. The van der Waals surface area contributed by atoms with Crippen molar-refractivity contribution in [3.05, 3.63) is 158 Å². The normalized spacial score (nSPS) is 12.2. The predicted molar refractivity (Wildman–Crippen MR) is 216 cm³/mol. The average Bonchev–Trinajstić information content (AvgIpc) is 3.94. The number of benzene rings is 7. The van der Waals surface area contributed by atoms with E-state index in [-0.39, 0.29) is 0 Å². The topological polar surface area (TPSA) is 48.8 Å². The molecule has 0 radical (unpaired) electrons. The first kappa shape index (κ1) is 28.0. The largest absolute Gasteiger partial charge is 0.456 e. The second-order valence-electron chi connectivity index (χ2n) is 13.4. The summed E-state index contributed by atoms with van der Waals surface area (Å²) in [5.74, 6) is 0.661. The lowest BCUT2D eigenvalue weighted by molar-refractivity contribution is 0.669. The van der Waals surface area contributed by atoms with Gasteiger partial charge >= 0.3 is 0 Å². The van der Waals surface area contributed by atoms with Crippen LogP contribution in [0, 0.1) is 0 Å². The Balaban J connectivity index is 1.14. The number of hydrogen-bond acceptors (Lipinski definition) is 4. The van der Waals surface area contributed by atoms with Gasteiger partial charge in [0.1, 0.15) is 11.2 Å². The quantitative estimate of drug-likeness (QED) is 0.186. The highest BCUT2D eigenvalue weighted by atomic mass is 32.1. The number of para-hydroxylation sites is 5. The fourth-order valence-corrected chi connectivity index (χ4v) is 9.32. The summed E-state index contributed by atoms with van der Waals surface area (Å²) in [6.07, 6.45) is 1.99. The van der Waals surface area contributed by atoms with Gasteiger partial charge in [0.15, 0.2) is 5.82 Å². The van der Waals surface area contributed by atoms with E-state index >= 15 is 0 Å². The molecule has 242 valence electrons. The van der Waals surface area contributed by atoms with Gasteiger partial charge in [0.05, 0.1) is 38.0 Å². The summed E-state index contributed by atoms with van der Waals surface area (Å²) < 4.78 is 13.4. The Morgan fingerprint density at radius 2 is 1.04 bits per heavy atom. The Kier molecular flexibility index (Phi) is 5.59. The van der Waals surface area contributed by atoms with Crippen LogP contribution < -0.4 is 0 Å². The van der Waals surface area contributed by atoms with E-state index in [0.29, 0.717) is 5.82 Å². The number of rotatable bonds is 3. The van der Waals surface area contributed by atoms with Gasteiger partial charge in [-0.15, -0.1) is 11.3 Å². The Morgan fingerprint density at radius 3 is 1.69 bits per heavy atom. The Morgan fingerprint density at radius 1 is 0.462 bits per heavy atom. The van der Waals surface area contributed by atoms with Gasteiger partial charge in [0, 0.05) is 59.9 Å². The zero-order valence-corrected chi connectivity index (χ0v) is 28.4. The minimum absolute atomic E-state index is 0.661. The van der Waals surface area contributed by atoms with Crippen LogP contribution in [0.5, 0.6) is 0 Å². The van der Waals surface area contributed by atoms with E-state index in [2.05, 4.69) is 149 Å².